The Morgan fingerprint density at radius 1 is 1.22 bits per heavy atom. The molecule has 0 bridgehead atoms. The lowest BCUT2D eigenvalue weighted by atomic mass is 10.2. The molecule has 0 fully saturated rings. The number of nitrogens with one attached hydrogen (secondary N) is 2. The molecule has 2 aromatic heterocycles. The fraction of sp³-hybridized carbons (Fsp3) is 0.364. The van der Waals surface area contributed by atoms with Gasteiger partial charge in [-0.15, -0.1) is 0 Å². The second kappa shape index (κ2) is 10.9. The third-order valence-electron chi connectivity index (χ3n) is 4.54. The van der Waals surface area contributed by atoms with Crippen molar-refractivity contribution in [2.45, 2.75) is 31.6 Å². The topological polar surface area (TPSA) is 103 Å². The standard InChI is InChI=1S/C22H28N6O3S/c1-14(2)25-20-16-13-24-28(21(16)27-22(26-20)32-5)11-10-23-19(29)9-7-15-6-8-17(30-3)18(12-15)31-4/h6-9,12-14H,10-11H2,1-5H3,(H,23,29)(H,25,26,27)/b9-7-. The van der Waals surface area contributed by atoms with Crippen LogP contribution in [0.4, 0.5) is 5.82 Å². The van der Waals surface area contributed by atoms with Crippen LogP contribution in [-0.2, 0) is 11.3 Å². The predicted molar refractivity (Wildman–Crippen MR) is 127 cm³/mol. The molecule has 170 valence electrons. The van der Waals surface area contributed by atoms with Crippen molar-refractivity contribution in [3.05, 3.63) is 36.0 Å². The van der Waals surface area contributed by atoms with Gasteiger partial charge in [-0.2, -0.15) is 5.10 Å². The van der Waals surface area contributed by atoms with Gasteiger partial charge in [-0.05, 0) is 43.9 Å². The molecule has 32 heavy (non-hydrogen) atoms. The van der Waals surface area contributed by atoms with Crippen molar-refractivity contribution < 1.29 is 14.3 Å². The molecule has 10 heteroatoms. The minimum atomic E-state index is -0.196. The number of nitrogens with zero attached hydrogens (tertiary/aromatic N) is 4. The van der Waals surface area contributed by atoms with E-state index in [-0.39, 0.29) is 11.9 Å². The molecule has 3 aromatic rings. The maximum absolute atomic E-state index is 12.2. The van der Waals surface area contributed by atoms with Gasteiger partial charge in [0.15, 0.2) is 22.3 Å². The molecule has 1 amide bonds. The van der Waals surface area contributed by atoms with Gasteiger partial charge in [0.1, 0.15) is 5.82 Å². The molecule has 3 rings (SSSR count). The molecule has 2 N–H and O–H groups in total. The highest BCUT2D eigenvalue weighted by Gasteiger charge is 2.13. The molecule has 1 aromatic carbocycles. The van der Waals surface area contributed by atoms with Gasteiger partial charge in [0.2, 0.25) is 5.91 Å². The van der Waals surface area contributed by atoms with Crippen LogP contribution < -0.4 is 20.1 Å². The van der Waals surface area contributed by atoms with E-state index in [4.69, 9.17) is 9.47 Å². The van der Waals surface area contributed by atoms with Crippen LogP contribution in [0.1, 0.15) is 19.4 Å². The molecule has 0 saturated carbocycles. The number of fused-ring (bicyclic) bond motifs is 1. The minimum Gasteiger partial charge on any atom is -0.493 e. The van der Waals surface area contributed by atoms with E-state index >= 15 is 0 Å². The SMILES string of the molecule is COc1ccc(/C=C\C(=O)NCCn2ncc3c(NC(C)C)nc(SC)nc32)cc1OC. The van der Waals surface area contributed by atoms with Crippen molar-refractivity contribution in [3.8, 4) is 11.5 Å². The molecule has 0 aliphatic heterocycles. The fourth-order valence-corrected chi connectivity index (χ4v) is 3.41. The minimum absolute atomic E-state index is 0.196. The molecule has 2 heterocycles. The van der Waals surface area contributed by atoms with E-state index in [9.17, 15) is 4.79 Å². The normalized spacial score (nSPS) is 11.3. The van der Waals surface area contributed by atoms with Gasteiger partial charge in [0.25, 0.3) is 0 Å². The first-order valence-electron chi connectivity index (χ1n) is 10.2. The van der Waals surface area contributed by atoms with E-state index in [2.05, 4.69) is 39.5 Å². The zero-order chi connectivity index (χ0) is 23.1. The number of methoxy groups -OCH3 is 2. The summed E-state index contributed by atoms with van der Waals surface area (Å²) in [4.78, 5) is 21.4. The van der Waals surface area contributed by atoms with Crippen molar-refractivity contribution in [1.82, 2.24) is 25.1 Å². The van der Waals surface area contributed by atoms with Crippen molar-refractivity contribution >= 4 is 40.6 Å². The number of amides is 1. The highest BCUT2D eigenvalue weighted by Crippen LogP contribution is 2.28. The van der Waals surface area contributed by atoms with Gasteiger partial charge in [-0.3, -0.25) is 4.79 Å². The number of hydrogen-bond acceptors (Lipinski definition) is 8. The van der Waals surface area contributed by atoms with E-state index in [0.717, 1.165) is 22.4 Å². The lowest BCUT2D eigenvalue weighted by Gasteiger charge is -2.11. The van der Waals surface area contributed by atoms with E-state index in [1.807, 2.05) is 18.4 Å². The number of rotatable bonds is 10. The molecule has 0 radical (unpaired) electrons. The Balaban J connectivity index is 1.63. The van der Waals surface area contributed by atoms with Crippen LogP contribution in [0.5, 0.6) is 11.5 Å². The fourth-order valence-electron chi connectivity index (χ4n) is 3.05. The Kier molecular flexibility index (Phi) is 7.93. The van der Waals surface area contributed by atoms with Crippen molar-refractivity contribution in [2.75, 3.05) is 32.3 Å². The number of hydrogen-bond donors (Lipinski definition) is 2. The van der Waals surface area contributed by atoms with E-state index in [1.54, 1.807) is 37.2 Å². The van der Waals surface area contributed by atoms with Crippen LogP contribution in [0.3, 0.4) is 0 Å². The third kappa shape index (κ3) is 5.70. The number of thioether (sulfide) groups is 1. The summed E-state index contributed by atoms with van der Waals surface area (Å²) >= 11 is 1.48. The summed E-state index contributed by atoms with van der Waals surface area (Å²) in [6, 6.07) is 5.70. The molecule has 0 aliphatic carbocycles. The van der Waals surface area contributed by atoms with Gasteiger partial charge in [0.05, 0.1) is 32.3 Å². The number of anilines is 1. The Labute approximate surface area is 191 Å². The van der Waals surface area contributed by atoms with Crippen molar-refractivity contribution in [2.24, 2.45) is 0 Å². The number of benzene rings is 1. The van der Waals surface area contributed by atoms with Crippen LogP contribution in [-0.4, -0.2) is 58.7 Å². The smallest absolute Gasteiger partial charge is 0.244 e. The lowest BCUT2D eigenvalue weighted by Crippen LogP contribution is -2.25. The second-order valence-corrected chi connectivity index (χ2v) is 7.98. The Morgan fingerprint density at radius 2 is 2.00 bits per heavy atom. The van der Waals surface area contributed by atoms with Crippen LogP contribution in [0.2, 0.25) is 0 Å². The summed E-state index contributed by atoms with van der Waals surface area (Å²) in [5, 5.41) is 12.2. The van der Waals surface area contributed by atoms with E-state index < -0.39 is 0 Å². The molecular weight excluding hydrogens is 428 g/mol. The summed E-state index contributed by atoms with van der Waals surface area (Å²) < 4.78 is 12.3. The lowest BCUT2D eigenvalue weighted by molar-refractivity contribution is -0.116. The third-order valence-corrected chi connectivity index (χ3v) is 5.09. The van der Waals surface area contributed by atoms with E-state index in [0.29, 0.717) is 29.7 Å². The monoisotopic (exact) mass is 456 g/mol. The average molecular weight is 457 g/mol. The van der Waals surface area contributed by atoms with Gasteiger partial charge in [0, 0.05) is 18.7 Å². The zero-order valence-corrected chi connectivity index (χ0v) is 19.7. The first kappa shape index (κ1) is 23.4. The van der Waals surface area contributed by atoms with Gasteiger partial charge in [-0.1, -0.05) is 17.8 Å². The summed E-state index contributed by atoms with van der Waals surface area (Å²) in [6.07, 6.45) is 6.90. The Hall–Kier alpha value is -3.27. The highest BCUT2D eigenvalue weighted by atomic mass is 32.2. The summed E-state index contributed by atoms with van der Waals surface area (Å²) in [7, 11) is 3.16. The summed E-state index contributed by atoms with van der Waals surface area (Å²) in [5.74, 6) is 1.82. The number of aromatic nitrogens is 4. The van der Waals surface area contributed by atoms with Gasteiger partial charge in [-0.25, -0.2) is 14.6 Å². The van der Waals surface area contributed by atoms with Crippen LogP contribution in [0.25, 0.3) is 17.1 Å². The first-order valence-corrected chi connectivity index (χ1v) is 11.4. The number of carbonyl (C=O) groups excluding carboxylic acids is 1. The van der Waals surface area contributed by atoms with Gasteiger partial charge < -0.3 is 20.1 Å². The molecule has 0 atom stereocenters. The molecule has 0 aliphatic rings. The number of ether oxygens (including phenoxy) is 2. The zero-order valence-electron chi connectivity index (χ0n) is 18.9. The average Bonchev–Trinajstić information content (AvgIpc) is 3.20. The van der Waals surface area contributed by atoms with Crippen molar-refractivity contribution in [3.63, 3.8) is 0 Å². The molecule has 0 spiro atoms. The van der Waals surface area contributed by atoms with E-state index in [1.165, 1.54) is 17.8 Å². The van der Waals surface area contributed by atoms with Crippen LogP contribution in [0.15, 0.2) is 35.6 Å². The second-order valence-electron chi connectivity index (χ2n) is 7.20. The van der Waals surface area contributed by atoms with Crippen LogP contribution >= 0.6 is 11.8 Å². The Bertz CT molecular complexity index is 1110. The Morgan fingerprint density at radius 3 is 2.69 bits per heavy atom. The maximum Gasteiger partial charge on any atom is 0.244 e. The maximum atomic E-state index is 12.2. The largest absolute Gasteiger partial charge is 0.493 e. The summed E-state index contributed by atoms with van der Waals surface area (Å²) in [5.41, 5.74) is 1.57. The molecular formula is C22H28N6O3S. The highest BCUT2D eigenvalue weighted by molar-refractivity contribution is 7.98. The predicted octanol–water partition coefficient (Wildman–Crippen LogP) is 3.22. The van der Waals surface area contributed by atoms with Crippen molar-refractivity contribution in [1.29, 1.82) is 0 Å². The first-order chi connectivity index (χ1) is 15.4. The molecule has 9 nitrogen and oxygen atoms in total. The molecule has 0 saturated heterocycles. The van der Waals surface area contributed by atoms with Gasteiger partial charge >= 0.3 is 0 Å². The molecule has 0 unspecified atom stereocenters. The number of carbonyl (C=O) groups is 1. The quantitative estimate of drug-likeness (QED) is 0.272. The van der Waals surface area contributed by atoms with Crippen LogP contribution in [0, 0.1) is 0 Å². The summed E-state index contributed by atoms with van der Waals surface area (Å²) in [6.45, 7) is 5.02.